The van der Waals surface area contributed by atoms with E-state index in [9.17, 15) is 9.59 Å². The molecule has 1 aromatic carbocycles. The highest BCUT2D eigenvalue weighted by atomic mass is 16.7. The number of hydrogen-bond donors (Lipinski definition) is 2. The molecule has 1 aliphatic rings. The van der Waals surface area contributed by atoms with Crippen LogP contribution >= 0.6 is 0 Å². The van der Waals surface area contributed by atoms with Gasteiger partial charge in [0.15, 0.2) is 0 Å². The highest BCUT2D eigenvalue weighted by Gasteiger charge is 2.54. The van der Waals surface area contributed by atoms with E-state index in [1.165, 1.54) is 13.3 Å². The number of benzene rings is 1. The Morgan fingerprint density at radius 1 is 1.03 bits per heavy atom. The molecule has 2 amide bonds. The molecule has 0 unspecified atom stereocenters. The van der Waals surface area contributed by atoms with Gasteiger partial charge in [-0.2, -0.15) is 0 Å². The molecule has 10 heteroatoms. The largest absolute Gasteiger partial charge is 0.494 e. The Labute approximate surface area is 213 Å². The highest BCUT2D eigenvalue weighted by Crippen LogP contribution is 2.37. The van der Waals surface area contributed by atoms with Crippen LogP contribution in [-0.4, -0.2) is 67.4 Å². The van der Waals surface area contributed by atoms with Gasteiger partial charge in [0.25, 0.3) is 5.91 Å². The number of carbonyl (C=O) groups excluding carboxylic acids is 2. The quantitative estimate of drug-likeness (QED) is 0.460. The van der Waals surface area contributed by atoms with Crippen molar-refractivity contribution in [3.05, 3.63) is 59.9 Å². The van der Waals surface area contributed by atoms with Gasteiger partial charge in [0.2, 0.25) is 5.91 Å². The molecule has 0 bridgehead atoms. The van der Waals surface area contributed by atoms with Gasteiger partial charge in [0, 0.05) is 25.4 Å². The van der Waals surface area contributed by atoms with Crippen molar-refractivity contribution in [1.29, 1.82) is 0 Å². The summed E-state index contributed by atoms with van der Waals surface area (Å²) in [5, 5.41) is 5.73. The lowest BCUT2D eigenvalue weighted by Crippen LogP contribution is -2.56. The number of rotatable bonds is 11. The van der Waals surface area contributed by atoms with Crippen LogP contribution in [0.25, 0.3) is 0 Å². The summed E-state index contributed by atoms with van der Waals surface area (Å²) < 4.78 is 23.5. The Morgan fingerprint density at radius 2 is 1.69 bits per heavy atom. The van der Waals surface area contributed by atoms with Gasteiger partial charge in [-0.1, -0.05) is 18.2 Å². The maximum absolute atomic E-state index is 13.3. The summed E-state index contributed by atoms with van der Waals surface area (Å²) in [5.74, 6) is -0.628. The predicted molar refractivity (Wildman–Crippen MR) is 137 cm³/mol. The van der Waals surface area contributed by atoms with Gasteiger partial charge in [0.1, 0.15) is 11.8 Å². The van der Waals surface area contributed by atoms with Gasteiger partial charge in [-0.3, -0.25) is 14.6 Å². The molecule has 0 aliphatic carbocycles. The number of nitrogens with zero attached hydrogens (tertiary/aromatic N) is 1. The first-order valence-corrected chi connectivity index (χ1v) is 12.1. The summed E-state index contributed by atoms with van der Waals surface area (Å²) in [6, 6.07) is 11.9. The third-order valence-electron chi connectivity index (χ3n) is 6.50. The van der Waals surface area contributed by atoms with E-state index in [1.807, 2.05) is 65.0 Å². The molecule has 1 saturated heterocycles. The summed E-state index contributed by atoms with van der Waals surface area (Å²) in [6.45, 7) is 9.97. The van der Waals surface area contributed by atoms with Crippen LogP contribution in [0.15, 0.2) is 48.7 Å². The average Bonchev–Trinajstić information content (AvgIpc) is 3.05. The van der Waals surface area contributed by atoms with Crippen molar-refractivity contribution in [1.82, 2.24) is 15.6 Å². The number of carbonyl (C=O) groups is 2. The molecule has 2 N–H and O–H groups in total. The van der Waals surface area contributed by atoms with Gasteiger partial charge >= 0.3 is 7.12 Å². The number of amides is 2. The average molecular weight is 497 g/mol. The van der Waals surface area contributed by atoms with Gasteiger partial charge in [-0.25, -0.2) is 0 Å². The number of hydrogen-bond acceptors (Lipinski definition) is 7. The molecule has 0 radical (unpaired) electrons. The van der Waals surface area contributed by atoms with Crippen LogP contribution in [0, 0.1) is 6.92 Å². The number of aryl methyl sites for hydroxylation is 1. The Bertz CT molecular complexity index is 1000. The first kappa shape index (κ1) is 27.6. The maximum atomic E-state index is 13.3. The Balaban J connectivity index is 1.71. The molecule has 0 spiro atoms. The Kier molecular flexibility index (Phi) is 9.11. The van der Waals surface area contributed by atoms with Crippen LogP contribution in [-0.2, 0) is 18.8 Å². The second-order valence-electron chi connectivity index (χ2n) is 9.86. The summed E-state index contributed by atoms with van der Waals surface area (Å²) in [6.07, 6.45) is 1.90. The highest BCUT2D eigenvalue weighted by molar-refractivity contribution is 6.48. The lowest BCUT2D eigenvalue weighted by Gasteiger charge is -2.32. The van der Waals surface area contributed by atoms with Crippen molar-refractivity contribution >= 4 is 18.9 Å². The molecular formula is C26H36BN3O6. The Morgan fingerprint density at radius 3 is 2.28 bits per heavy atom. The predicted octanol–water partition coefficient (Wildman–Crippen LogP) is 2.72. The smallest absolute Gasteiger partial charge is 0.481 e. The van der Waals surface area contributed by atoms with E-state index in [-0.39, 0.29) is 6.61 Å². The zero-order valence-electron chi connectivity index (χ0n) is 21.9. The van der Waals surface area contributed by atoms with Gasteiger partial charge < -0.3 is 29.4 Å². The minimum atomic E-state index is -0.927. The van der Waals surface area contributed by atoms with Crippen molar-refractivity contribution in [3.63, 3.8) is 0 Å². The van der Waals surface area contributed by atoms with Crippen molar-refractivity contribution in [2.45, 2.75) is 64.2 Å². The van der Waals surface area contributed by atoms with Crippen LogP contribution in [0.1, 0.15) is 50.2 Å². The van der Waals surface area contributed by atoms with Gasteiger partial charge in [-0.05, 0) is 58.9 Å². The molecule has 1 aromatic heterocycles. The van der Waals surface area contributed by atoms with Crippen molar-refractivity contribution in [2.24, 2.45) is 0 Å². The van der Waals surface area contributed by atoms with Gasteiger partial charge in [0.05, 0.1) is 35.9 Å². The molecular weight excluding hydrogens is 461 g/mol. The van der Waals surface area contributed by atoms with Crippen LogP contribution in [0.5, 0.6) is 5.75 Å². The first-order valence-electron chi connectivity index (χ1n) is 12.1. The molecule has 1 fully saturated rings. The summed E-state index contributed by atoms with van der Waals surface area (Å²) in [5.41, 5.74) is 0.00736. The zero-order valence-corrected chi connectivity index (χ0v) is 21.9. The van der Waals surface area contributed by atoms with E-state index in [4.69, 9.17) is 18.8 Å². The van der Waals surface area contributed by atoms with Crippen molar-refractivity contribution in [3.8, 4) is 5.75 Å². The third-order valence-corrected chi connectivity index (χ3v) is 6.50. The number of aromatic nitrogens is 1. The monoisotopic (exact) mass is 497 g/mol. The molecule has 2 aromatic rings. The van der Waals surface area contributed by atoms with Crippen LogP contribution in [0.4, 0.5) is 0 Å². The SMILES string of the molecule is COC[C@@H](NC(=O)c1ccc(C)nc1)C(=O)N[C@@H](CCOc1ccccc1)B1OC(C)(C)C(C)(C)O1. The van der Waals surface area contributed by atoms with Crippen molar-refractivity contribution < 1.29 is 28.4 Å². The van der Waals surface area contributed by atoms with E-state index in [2.05, 4.69) is 15.6 Å². The fourth-order valence-electron chi connectivity index (χ4n) is 3.63. The van der Waals surface area contributed by atoms with E-state index in [1.54, 1.807) is 12.1 Å². The van der Waals surface area contributed by atoms with Crippen LogP contribution < -0.4 is 15.4 Å². The molecule has 3 rings (SSSR count). The molecule has 2 heterocycles. The summed E-state index contributed by atoms with van der Waals surface area (Å²) in [4.78, 5) is 30.2. The normalized spacial score (nSPS) is 17.8. The number of pyridine rings is 1. The third kappa shape index (κ3) is 7.06. The topological polar surface area (TPSA) is 108 Å². The standard InChI is InChI=1S/C26H36BN3O6/c1-18-12-13-19(16-28-18)23(31)29-21(17-33-6)24(32)30-22(14-15-34-20-10-8-7-9-11-20)27-35-25(2,3)26(4,5)36-27/h7-13,16,21-22H,14-15,17H2,1-6H3,(H,29,31)(H,30,32)/t21-,22+/m1/s1. The number of methoxy groups -OCH3 is 1. The maximum Gasteiger partial charge on any atom is 0.481 e. The van der Waals surface area contributed by atoms with Gasteiger partial charge in [-0.15, -0.1) is 0 Å². The molecule has 36 heavy (non-hydrogen) atoms. The molecule has 9 nitrogen and oxygen atoms in total. The number of para-hydroxylation sites is 1. The van der Waals surface area contributed by atoms with E-state index >= 15 is 0 Å². The minimum Gasteiger partial charge on any atom is -0.494 e. The van der Waals surface area contributed by atoms with E-state index in [0.29, 0.717) is 18.6 Å². The fraction of sp³-hybridized carbons (Fsp3) is 0.500. The minimum absolute atomic E-state index is 0.00648. The van der Waals surface area contributed by atoms with Crippen molar-refractivity contribution in [2.75, 3.05) is 20.3 Å². The lowest BCUT2D eigenvalue weighted by atomic mass is 9.76. The number of nitrogens with one attached hydrogen (secondary N) is 2. The summed E-state index contributed by atoms with van der Waals surface area (Å²) in [7, 11) is 0.776. The second kappa shape index (κ2) is 11.9. The molecule has 0 saturated carbocycles. The first-order chi connectivity index (χ1) is 17.0. The molecule has 194 valence electrons. The number of ether oxygens (including phenoxy) is 2. The van der Waals surface area contributed by atoms with Crippen LogP contribution in [0.3, 0.4) is 0 Å². The Hall–Kier alpha value is -2.95. The van der Waals surface area contributed by atoms with E-state index < -0.39 is 42.1 Å². The molecule has 1 aliphatic heterocycles. The van der Waals surface area contributed by atoms with E-state index in [0.717, 1.165) is 11.4 Å². The fourth-order valence-corrected chi connectivity index (χ4v) is 3.63. The second-order valence-corrected chi connectivity index (χ2v) is 9.86. The molecule has 2 atom stereocenters. The van der Waals surface area contributed by atoms with Crippen LogP contribution in [0.2, 0.25) is 0 Å². The zero-order chi connectivity index (χ0) is 26.3. The lowest BCUT2D eigenvalue weighted by molar-refractivity contribution is -0.124. The summed E-state index contributed by atoms with van der Waals surface area (Å²) >= 11 is 0.